The molecule has 2 fully saturated rings. The summed E-state index contributed by atoms with van der Waals surface area (Å²) in [6.45, 7) is 3.02. The molecule has 1 aromatic rings. The lowest BCUT2D eigenvalue weighted by Gasteiger charge is -2.26. The molecular weight excluding hydrogens is 222 g/mol. The Labute approximate surface area is 110 Å². The molecule has 2 saturated carbocycles. The van der Waals surface area contributed by atoms with Crippen LogP contribution in [0.15, 0.2) is 18.2 Å². The summed E-state index contributed by atoms with van der Waals surface area (Å²) < 4.78 is 6.01. The number of ether oxygens (including phenoxy) is 1. The Balaban J connectivity index is 1.69. The molecule has 0 atom stereocenters. The maximum atomic E-state index is 6.24. The van der Waals surface area contributed by atoms with Crippen LogP contribution in [0, 0.1) is 12.8 Å². The van der Waals surface area contributed by atoms with E-state index >= 15 is 0 Å². The van der Waals surface area contributed by atoms with Crippen molar-refractivity contribution in [2.45, 2.75) is 51.0 Å². The molecule has 2 nitrogen and oxygen atoms in total. The van der Waals surface area contributed by atoms with Gasteiger partial charge in [-0.15, -0.1) is 0 Å². The van der Waals surface area contributed by atoms with Gasteiger partial charge in [-0.25, -0.2) is 0 Å². The number of rotatable bonds is 5. The molecule has 2 heteroatoms. The summed E-state index contributed by atoms with van der Waals surface area (Å²) in [5, 5.41) is 0. The third-order valence-electron chi connectivity index (χ3n) is 4.35. The average Bonchev–Trinajstić information content (AvgIpc) is 2.97. The van der Waals surface area contributed by atoms with Gasteiger partial charge in [-0.2, -0.15) is 0 Å². The SMILES string of the molecule is Cc1ccc(OCC2CCC2)c(CC2(N)CC2)c1. The highest BCUT2D eigenvalue weighted by atomic mass is 16.5. The summed E-state index contributed by atoms with van der Waals surface area (Å²) >= 11 is 0. The quantitative estimate of drug-likeness (QED) is 0.864. The van der Waals surface area contributed by atoms with Crippen LogP contribution >= 0.6 is 0 Å². The van der Waals surface area contributed by atoms with E-state index in [1.807, 2.05) is 0 Å². The van der Waals surface area contributed by atoms with Gasteiger partial charge < -0.3 is 10.5 Å². The summed E-state index contributed by atoms with van der Waals surface area (Å²) in [6, 6.07) is 6.49. The first-order chi connectivity index (χ1) is 8.65. The van der Waals surface area contributed by atoms with Crippen LogP contribution < -0.4 is 10.5 Å². The van der Waals surface area contributed by atoms with Gasteiger partial charge in [-0.05, 0) is 56.6 Å². The Bertz CT molecular complexity index is 433. The van der Waals surface area contributed by atoms with Gasteiger partial charge in [0.25, 0.3) is 0 Å². The number of hydrogen-bond donors (Lipinski definition) is 1. The standard InChI is InChI=1S/C16H23NO/c1-12-5-6-15(18-11-13-3-2-4-13)14(9-12)10-16(17)7-8-16/h5-6,9,13H,2-4,7-8,10-11,17H2,1H3. The fourth-order valence-electron chi connectivity index (χ4n) is 2.57. The lowest BCUT2D eigenvalue weighted by atomic mass is 9.86. The van der Waals surface area contributed by atoms with Crippen LogP contribution in [0.4, 0.5) is 0 Å². The molecule has 0 radical (unpaired) electrons. The Hall–Kier alpha value is -1.02. The maximum absolute atomic E-state index is 6.24. The van der Waals surface area contributed by atoms with E-state index in [2.05, 4.69) is 25.1 Å². The summed E-state index contributed by atoms with van der Waals surface area (Å²) in [4.78, 5) is 0. The molecule has 0 aliphatic heterocycles. The second-order valence-electron chi connectivity index (χ2n) is 6.26. The van der Waals surface area contributed by atoms with Crippen LogP contribution in [0.1, 0.15) is 43.2 Å². The third kappa shape index (κ3) is 2.69. The zero-order chi connectivity index (χ0) is 12.6. The van der Waals surface area contributed by atoms with E-state index in [9.17, 15) is 0 Å². The normalized spacial score (nSPS) is 21.4. The first-order valence-corrected chi connectivity index (χ1v) is 7.16. The second-order valence-corrected chi connectivity index (χ2v) is 6.26. The average molecular weight is 245 g/mol. The smallest absolute Gasteiger partial charge is 0.122 e. The minimum atomic E-state index is 0.0579. The maximum Gasteiger partial charge on any atom is 0.122 e. The molecule has 3 rings (SSSR count). The Kier molecular flexibility index (Phi) is 3.06. The lowest BCUT2D eigenvalue weighted by molar-refractivity contribution is 0.179. The predicted molar refractivity (Wildman–Crippen MR) is 73.9 cm³/mol. The lowest BCUT2D eigenvalue weighted by Crippen LogP contribution is -2.25. The summed E-state index contributed by atoms with van der Waals surface area (Å²) in [6.07, 6.45) is 7.32. The Morgan fingerprint density at radius 1 is 1.33 bits per heavy atom. The van der Waals surface area contributed by atoms with Crippen molar-refractivity contribution in [3.05, 3.63) is 29.3 Å². The fourth-order valence-corrected chi connectivity index (χ4v) is 2.57. The summed E-state index contributed by atoms with van der Waals surface area (Å²) in [7, 11) is 0. The Morgan fingerprint density at radius 2 is 2.11 bits per heavy atom. The highest BCUT2D eigenvalue weighted by Gasteiger charge is 2.38. The van der Waals surface area contributed by atoms with Gasteiger partial charge >= 0.3 is 0 Å². The molecule has 0 heterocycles. The van der Waals surface area contributed by atoms with Crippen LogP contribution in [0.2, 0.25) is 0 Å². The zero-order valence-corrected chi connectivity index (χ0v) is 11.2. The van der Waals surface area contributed by atoms with E-state index in [-0.39, 0.29) is 5.54 Å². The molecule has 2 aliphatic carbocycles. The van der Waals surface area contributed by atoms with E-state index in [0.29, 0.717) is 0 Å². The van der Waals surface area contributed by atoms with Crippen molar-refractivity contribution in [2.75, 3.05) is 6.61 Å². The molecule has 1 aromatic carbocycles. The van der Waals surface area contributed by atoms with Crippen molar-refractivity contribution in [1.29, 1.82) is 0 Å². The number of hydrogen-bond acceptors (Lipinski definition) is 2. The van der Waals surface area contributed by atoms with Gasteiger partial charge in [-0.1, -0.05) is 24.1 Å². The van der Waals surface area contributed by atoms with Crippen LogP contribution in [0.5, 0.6) is 5.75 Å². The largest absolute Gasteiger partial charge is 0.493 e. The zero-order valence-electron chi connectivity index (χ0n) is 11.2. The highest BCUT2D eigenvalue weighted by molar-refractivity contribution is 5.39. The van der Waals surface area contributed by atoms with E-state index < -0.39 is 0 Å². The molecule has 18 heavy (non-hydrogen) atoms. The van der Waals surface area contributed by atoms with E-state index in [1.165, 1.54) is 30.4 Å². The van der Waals surface area contributed by atoms with Crippen molar-refractivity contribution in [3.8, 4) is 5.75 Å². The third-order valence-corrected chi connectivity index (χ3v) is 4.35. The van der Waals surface area contributed by atoms with Crippen LogP contribution in [-0.2, 0) is 6.42 Å². The van der Waals surface area contributed by atoms with Crippen molar-refractivity contribution in [1.82, 2.24) is 0 Å². The molecule has 0 saturated heterocycles. The molecule has 2 N–H and O–H groups in total. The molecule has 0 aromatic heterocycles. The number of benzene rings is 1. The van der Waals surface area contributed by atoms with Crippen LogP contribution in [-0.4, -0.2) is 12.1 Å². The van der Waals surface area contributed by atoms with Gasteiger partial charge in [0.15, 0.2) is 0 Å². The first-order valence-electron chi connectivity index (χ1n) is 7.16. The first kappa shape index (κ1) is 12.0. The molecule has 0 amide bonds. The second kappa shape index (κ2) is 4.58. The van der Waals surface area contributed by atoms with Gasteiger partial charge in [0.1, 0.15) is 5.75 Å². The molecule has 0 spiro atoms. The van der Waals surface area contributed by atoms with E-state index in [0.717, 1.165) is 37.5 Å². The minimum absolute atomic E-state index is 0.0579. The molecule has 98 valence electrons. The predicted octanol–water partition coefficient (Wildman–Crippen LogP) is 3.21. The van der Waals surface area contributed by atoms with Gasteiger partial charge in [0, 0.05) is 5.54 Å². The molecule has 0 unspecified atom stereocenters. The van der Waals surface area contributed by atoms with E-state index in [4.69, 9.17) is 10.5 Å². The highest BCUT2D eigenvalue weighted by Crippen LogP contribution is 2.38. The molecule has 0 bridgehead atoms. The van der Waals surface area contributed by atoms with Gasteiger partial charge in [0.2, 0.25) is 0 Å². The van der Waals surface area contributed by atoms with Crippen molar-refractivity contribution >= 4 is 0 Å². The minimum Gasteiger partial charge on any atom is -0.493 e. The molecule has 2 aliphatic rings. The van der Waals surface area contributed by atoms with E-state index in [1.54, 1.807) is 0 Å². The van der Waals surface area contributed by atoms with Gasteiger partial charge in [0.05, 0.1) is 6.61 Å². The summed E-state index contributed by atoms with van der Waals surface area (Å²) in [5.41, 5.74) is 8.89. The van der Waals surface area contributed by atoms with Crippen LogP contribution in [0.3, 0.4) is 0 Å². The molecular formula is C16H23NO. The van der Waals surface area contributed by atoms with Crippen molar-refractivity contribution in [2.24, 2.45) is 11.7 Å². The van der Waals surface area contributed by atoms with Crippen molar-refractivity contribution < 1.29 is 4.74 Å². The fraction of sp³-hybridized carbons (Fsp3) is 0.625. The number of aryl methyl sites for hydroxylation is 1. The van der Waals surface area contributed by atoms with Crippen molar-refractivity contribution in [3.63, 3.8) is 0 Å². The monoisotopic (exact) mass is 245 g/mol. The Morgan fingerprint density at radius 3 is 2.72 bits per heavy atom. The van der Waals surface area contributed by atoms with Gasteiger partial charge in [-0.3, -0.25) is 0 Å². The number of nitrogens with two attached hydrogens (primary N) is 1. The topological polar surface area (TPSA) is 35.2 Å². The van der Waals surface area contributed by atoms with Crippen LogP contribution in [0.25, 0.3) is 0 Å². The summed E-state index contributed by atoms with van der Waals surface area (Å²) in [5.74, 6) is 1.84.